The second kappa shape index (κ2) is 8.23. The summed E-state index contributed by atoms with van der Waals surface area (Å²) in [6, 6.07) is 5.33. The second-order valence-electron chi connectivity index (χ2n) is 6.58. The van der Waals surface area contributed by atoms with Gasteiger partial charge in [-0.25, -0.2) is 4.39 Å². The Morgan fingerprint density at radius 3 is 1.74 bits per heavy atom. The van der Waals surface area contributed by atoms with Crippen molar-refractivity contribution >= 4 is 0 Å². The molecule has 0 aliphatic rings. The number of aryl methyl sites for hydroxylation is 2. The van der Waals surface area contributed by atoms with Gasteiger partial charge < -0.3 is 4.74 Å². The minimum atomic E-state index is -6.43. The van der Waals surface area contributed by atoms with Gasteiger partial charge in [0.15, 0.2) is 0 Å². The van der Waals surface area contributed by atoms with Crippen molar-refractivity contribution in [1.29, 1.82) is 0 Å². The van der Waals surface area contributed by atoms with Crippen molar-refractivity contribution in [3.8, 4) is 16.9 Å². The largest absolute Gasteiger partial charge is 0.573 e. The Bertz CT molecular complexity index is 911. The molecule has 0 saturated carbocycles. The molecule has 172 valence electrons. The summed E-state index contributed by atoms with van der Waals surface area (Å²) < 4.78 is 138. The molecule has 2 rings (SSSR count). The monoisotopic (exact) mass is 462 g/mol. The van der Waals surface area contributed by atoms with Crippen LogP contribution in [0.1, 0.15) is 30.5 Å². The number of alkyl halides is 10. The first-order valence-electron chi connectivity index (χ1n) is 8.90. The molecule has 0 radical (unpaired) electrons. The van der Waals surface area contributed by atoms with Gasteiger partial charge in [0.2, 0.25) is 0 Å². The Labute approximate surface area is 170 Å². The van der Waals surface area contributed by atoms with Crippen molar-refractivity contribution in [3.05, 3.63) is 53.1 Å². The maximum atomic E-state index is 15.1. The minimum Gasteiger partial charge on any atom is -0.405 e. The number of hydrogen-bond acceptors (Lipinski definition) is 1. The number of hydrogen-bond donors (Lipinski definition) is 0. The zero-order valence-electron chi connectivity index (χ0n) is 16.1. The molecule has 0 N–H and O–H groups in total. The summed E-state index contributed by atoms with van der Waals surface area (Å²) in [7, 11) is 0. The summed E-state index contributed by atoms with van der Waals surface area (Å²) in [4.78, 5) is 0. The maximum absolute atomic E-state index is 15.1. The topological polar surface area (TPSA) is 9.23 Å². The summed E-state index contributed by atoms with van der Waals surface area (Å²) in [6.07, 6.45) is -18.4. The summed E-state index contributed by atoms with van der Waals surface area (Å²) in [5.41, 5.74) is -9.58. The molecule has 0 heterocycles. The average molecular weight is 462 g/mol. The molecule has 0 aromatic heterocycles. The lowest BCUT2D eigenvalue weighted by molar-refractivity contribution is -0.348. The zero-order valence-corrected chi connectivity index (χ0v) is 16.1. The summed E-state index contributed by atoms with van der Waals surface area (Å²) in [5.74, 6) is -1.05. The molecule has 0 spiro atoms. The van der Waals surface area contributed by atoms with Crippen molar-refractivity contribution in [2.75, 3.05) is 0 Å². The Balaban J connectivity index is 3.03. The first-order valence-corrected chi connectivity index (χ1v) is 8.90. The van der Waals surface area contributed by atoms with Crippen LogP contribution in [0.5, 0.6) is 5.75 Å². The lowest BCUT2D eigenvalue weighted by Crippen LogP contribution is -2.50. The van der Waals surface area contributed by atoms with E-state index in [9.17, 15) is 39.5 Å². The fourth-order valence-electron chi connectivity index (χ4n) is 3.19. The summed E-state index contributed by atoms with van der Waals surface area (Å²) >= 11 is 0. The molecule has 31 heavy (non-hydrogen) atoms. The van der Waals surface area contributed by atoms with Gasteiger partial charge in [-0.1, -0.05) is 44.2 Å². The Morgan fingerprint density at radius 1 is 0.742 bits per heavy atom. The van der Waals surface area contributed by atoms with E-state index in [2.05, 4.69) is 4.74 Å². The van der Waals surface area contributed by atoms with Crippen LogP contribution in [0.25, 0.3) is 11.1 Å². The molecule has 0 fully saturated rings. The summed E-state index contributed by atoms with van der Waals surface area (Å²) in [6.45, 7) is 2.80. The van der Waals surface area contributed by atoms with Gasteiger partial charge in [-0.2, -0.15) is 26.3 Å². The molecule has 0 aliphatic carbocycles. The van der Waals surface area contributed by atoms with E-state index in [0.29, 0.717) is 6.07 Å². The third-order valence-electron chi connectivity index (χ3n) is 4.60. The second-order valence-corrected chi connectivity index (χ2v) is 6.58. The normalized spacial score (nSPS) is 13.4. The molecule has 0 aliphatic heterocycles. The van der Waals surface area contributed by atoms with E-state index in [1.165, 1.54) is 19.9 Å². The number of benzene rings is 2. The van der Waals surface area contributed by atoms with Gasteiger partial charge in [0.05, 0.1) is 0 Å². The standard InChI is InChI=1S/C20H16F10O/c1-3-11-9-12(4-2)16(13-7-5-6-8-15(13)31-20(28,29)30)14(10-11)17(21,18(22,23)24)19(25,26)27/h5-10H,3-4H2,1-2H3. The molecule has 11 heteroatoms. The lowest BCUT2D eigenvalue weighted by Gasteiger charge is -2.33. The van der Waals surface area contributed by atoms with E-state index >= 15 is 4.39 Å². The van der Waals surface area contributed by atoms with E-state index in [-0.39, 0.29) is 24.0 Å². The van der Waals surface area contributed by atoms with Crippen molar-refractivity contribution < 1.29 is 48.6 Å². The van der Waals surface area contributed by atoms with E-state index in [1.54, 1.807) is 0 Å². The highest BCUT2D eigenvalue weighted by Crippen LogP contribution is 2.56. The van der Waals surface area contributed by atoms with Crippen molar-refractivity contribution in [3.63, 3.8) is 0 Å². The summed E-state index contributed by atoms with van der Waals surface area (Å²) in [5, 5.41) is 0. The predicted octanol–water partition coefficient (Wildman–Crippen LogP) is 7.67. The fraction of sp³-hybridized carbons (Fsp3) is 0.400. The number of halogens is 10. The SMILES string of the molecule is CCc1cc(CC)c(-c2ccccc2OC(F)(F)F)c(C(F)(C(F)(F)F)C(F)(F)F)c1. The van der Waals surface area contributed by atoms with Gasteiger partial charge in [0.25, 0.3) is 0 Å². The fourth-order valence-corrected chi connectivity index (χ4v) is 3.19. The minimum absolute atomic E-state index is 0.0349. The number of para-hydroxylation sites is 1. The molecule has 0 atom stereocenters. The third kappa shape index (κ3) is 4.74. The van der Waals surface area contributed by atoms with Gasteiger partial charge in [0.1, 0.15) is 5.75 Å². The average Bonchev–Trinajstić information content (AvgIpc) is 2.63. The van der Waals surface area contributed by atoms with E-state index in [0.717, 1.165) is 24.3 Å². The Morgan fingerprint density at radius 2 is 1.29 bits per heavy atom. The highest BCUT2D eigenvalue weighted by molar-refractivity contribution is 5.78. The highest BCUT2D eigenvalue weighted by Gasteiger charge is 2.74. The quantitative estimate of drug-likeness (QED) is 0.415. The first-order chi connectivity index (χ1) is 14.1. The van der Waals surface area contributed by atoms with Crippen LogP contribution in [0.15, 0.2) is 36.4 Å². The molecule has 1 nitrogen and oxygen atoms in total. The van der Waals surface area contributed by atoms with Crippen LogP contribution in [0.2, 0.25) is 0 Å². The zero-order chi connectivity index (χ0) is 23.8. The van der Waals surface area contributed by atoms with Crippen LogP contribution in [0, 0.1) is 0 Å². The van der Waals surface area contributed by atoms with Crippen LogP contribution in [-0.4, -0.2) is 18.7 Å². The molecule has 0 saturated heterocycles. The van der Waals surface area contributed by atoms with Crippen molar-refractivity contribution in [2.24, 2.45) is 0 Å². The Kier molecular flexibility index (Phi) is 6.59. The maximum Gasteiger partial charge on any atom is 0.573 e. The van der Waals surface area contributed by atoms with E-state index < -0.39 is 46.8 Å². The van der Waals surface area contributed by atoms with E-state index in [4.69, 9.17) is 0 Å². The predicted molar refractivity (Wildman–Crippen MR) is 92.2 cm³/mol. The Hall–Kier alpha value is -2.46. The number of rotatable bonds is 5. The van der Waals surface area contributed by atoms with Gasteiger partial charge in [-0.15, -0.1) is 13.2 Å². The highest BCUT2D eigenvalue weighted by atomic mass is 19.4. The van der Waals surface area contributed by atoms with Crippen LogP contribution >= 0.6 is 0 Å². The van der Waals surface area contributed by atoms with Gasteiger partial charge in [-0.05, 0) is 35.6 Å². The van der Waals surface area contributed by atoms with Gasteiger partial charge in [-0.3, -0.25) is 0 Å². The number of ether oxygens (including phenoxy) is 1. The molecule has 0 amide bonds. The molecule has 0 bridgehead atoms. The molecule has 0 unspecified atom stereocenters. The van der Waals surface area contributed by atoms with Crippen LogP contribution < -0.4 is 4.74 Å². The van der Waals surface area contributed by atoms with Crippen molar-refractivity contribution in [1.82, 2.24) is 0 Å². The first kappa shape index (κ1) is 24.8. The lowest BCUT2D eigenvalue weighted by atomic mass is 9.82. The van der Waals surface area contributed by atoms with Crippen LogP contribution in [0.4, 0.5) is 43.9 Å². The van der Waals surface area contributed by atoms with Crippen LogP contribution in [-0.2, 0) is 18.5 Å². The van der Waals surface area contributed by atoms with Crippen molar-refractivity contribution in [2.45, 2.75) is 51.1 Å². The van der Waals surface area contributed by atoms with E-state index in [1.807, 2.05) is 0 Å². The molecule has 2 aromatic rings. The third-order valence-corrected chi connectivity index (χ3v) is 4.60. The molecule has 2 aromatic carbocycles. The van der Waals surface area contributed by atoms with Crippen LogP contribution in [0.3, 0.4) is 0 Å². The smallest absolute Gasteiger partial charge is 0.405 e. The van der Waals surface area contributed by atoms with Gasteiger partial charge >= 0.3 is 24.4 Å². The molecular formula is C20H16F10O. The van der Waals surface area contributed by atoms with Gasteiger partial charge in [0, 0.05) is 11.1 Å². The molecular weight excluding hydrogens is 446 g/mol.